The Morgan fingerprint density at radius 1 is 1.14 bits per heavy atom. The Morgan fingerprint density at radius 3 is 2.45 bits per heavy atom. The van der Waals surface area contributed by atoms with Gasteiger partial charge >= 0.3 is 5.97 Å². The number of likely N-dealkylation sites (N-methyl/N-ethyl adjacent to an activating group) is 1. The third-order valence-electron chi connectivity index (χ3n) is 3.29. The summed E-state index contributed by atoms with van der Waals surface area (Å²) in [7, 11) is 3.41. The van der Waals surface area contributed by atoms with E-state index < -0.39 is 0 Å². The smallest absolute Gasteiger partial charge is 0.330 e. The van der Waals surface area contributed by atoms with E-state index in [-0.39, 0.29) is 5.97 Å². The summed E-state index contributed by atoms with van der Waals surface area (Å²) in [6.07, 6.45) is 13.4. The number of para-hydroxylation sites is 1. The van der Waals surface area contributed by atoms with Gasteiger partial charge in [0.05, 0.1) is 7.11 Å². The number of esters is 1. The number of hydrogen-bond acceptors (Lipinski definition) is 3. The van der Waals surface area contributed by atoms with Gasteiger partial charge in [0.15, 0.2) is 0 Å². The van der Waals surface area contributed by atoms with E-state index in [1.54, 1.807) is 6.08 Å². The van der Waals surface area contributed by atoms with E-state index in [0.717, 1.165) is 17.2 Å². The van der Waals surface area contributed by atoms with Crippen LogP contribution in [0.15, 0.2) is 54.1 Å². The van der Waals surface area contributed by atoms with E-state index in [2.05, 4.69) is 27.8 Å². The fourth-order valence-corrected chi connectivity index (χ4v) is 2.14. The van der Waals surface area contributed by atoms with E-state index in [9.17, 15) is 4.79 Å². The number of carbonyl (C=O) groups excluding carboxylic acids is 1. The molecule has 3 heteroatoms. The number of allylic oxidation sites excluding steroid dienone is 1. The van der Waals surface area contributed by atoms with Gasteiger partial charge in [-0.15, -0.1) is 0 Å². The molecule has 3 nitrogen and oxygen atoms in total. The third kappa shape index (κ3) is 5.06. The molecule has 0 bridgehead atoms. The molecule has 1 saturated carbocycles. The van der Waals surface area contributed by atoms with Crippen molar-refractivity contribution in [3.05, 3.63) is 85.7 Å². The fourth-order valence-electron chi connectivity index (χ4n) is 2.14. The first-order valence-electron chi connectivity index (χ1n) is 7.13. The Balaban J connectivity index is 2.09. The molecule has 1 fully saturated rings. The van der Waals surface area contributed by atoms with Crippen molar-refractivity contribution in [2.45, 2.75) is 0 Å². The highest BCUT2D eigenvalue weighted by atomic mass is 16.5. The number of carbonyl (C=O) groups is 1. The van der Waals surface area contributed by atoms with Gasteiger partial charge in [-0.25, -0.2) is 4.79 Å². The maximum atomic E-state index is 11.3. The van der Waals surface area contributed by atoms with Crippen LogP contribution in [0.1, 0.15) is 0 Å². The second-order valence-electron chi connectivity index (χ2n) is 4.99. The van der Waals surface area contributed by atoms with Crippen molar-refractivity contribution in [3.63, 3.8) is 0 Å². The van der Waals surface area contributed by atoms with Crippen LogP contribution >= 0.6 is 0 Å². The van der Waals surface area contributed by atoms with Gasteiger partial charge in [0.25, 0.3) is 0 Å². The lowest BCUT2D eigenvalue weighted by Gasteiger charge is -2.20. The molecule has 0 spiro atoms. The number of nitrogens with zero attached hydrogens (tertiary/aromatic N) is 1. The van der Waals surface area contributed by atoms with E-state index in [0.29, 0.717) is 6.54 Å². The van der Waals surface area contributed by atoms with Crippen molar-refractivity contribution in [1.82, 2.24) is 0 Å². The molecule has 0 saturated heterocycles. The van der Waals surface area contributed by atoms with E-state index in [1.165, 1.54) is 13.2 Å². The van der Waals surface area contributed by atoms with Crippen molar-refractivity contribution in [2.75, 3.05) is 25.6 Å². The zero-order chi connectivity index (χ0) is 15.8. The molecule has 113 valence electrons. The minimum atomic E-state index is -0.351. The van der Waals surface area contributed by atoms with Crippen molar-refractivity contribution in [1.29, 1.82) is 0 Å². The molecule has 0 aromatic heterocycles. The molecule has 1 aromatic carbocycles. The van der Waals surface area contributed by atoms with Crippen molar-refractivity contribution >= 4 is 11.7 Å². The molecule has 0 atom stereocenters. The zero-order valence-corrected chi connectivity index (χ0v) is 12.9. The number of anilines is 1. The minimum absolute atomic E-state index is 0.351. The topological polar surface area (TPSA) is 29.5 Å². The largest absolute Gasteiger partial charge is 0.466 e. The maximum Gasteiger partial charge on any atom is 0.330 e. The highest BCUT2D eigenvalue weighted by Gasteiger charge is 2.15. The molecule has 22 heavy (non-hydrogen) atoms. The fraction of sp³-hybridized carbons (Fsp3) is 0.158. The highest BCUT2D eigenvalue weighted by Crippen LogP contribution is 2.26. The molecular weight excluding hydrogens is 274 g/mol. The van der Waals surface area contributed by atoms with Gasteiger partial charge in [-0.2, -0.15) is 0 Å². The average Bonchev–Trinajstić information content (AvgIpc) is 3.06. The van der Waals surface area contributed by atoms with Crippen molar-refractivity contribution in [3.8, 4) is 0 Å². The first-order chi connectivity index (χ1) is 10.7. The normalized spacial score (nSPS) is 16.2. The lowest BCUT2D eigenvalue weighted by molar-refractivity contribution is -0.134. The Bertz CT molecular complexity index is 528. The lowest BCUT2D eigenvalue weighted by atomic mass is 10.0. The molecular formula is C19H20NO2. The minimum Gasteiger partial charge on any atom is -0.466 e. The Kier molecular flexibility index (Phi) is 6.26. The van der Waals surface area contributed by atoms with Crippen LogP contribution in [0.25, 0.3) is 0 Å². The van der Waals surface area contributed by atoms with Crippen molar-refractivity contribution < 1.29 is 9.53 Å². The van der Waals surface area contributed by atoms with Crippen LogP contribution < -0.4 is 4.90 Å². The summed E-state index contributed by atoms with van der Waals surface area (Å²) in [5, 5.41) is 0. The van der Waals surface area contributed by atoms with E-state index in [4.69, 9.17) is 0 Å². The molecule has 1 aromatic rings. The van der Waals surface area contributed by atoms with Crippen LogP contribution in [0.3, 0.4) is 0 Å². The second kappa shape index (κ2) is 8.42. The third-order valence-corrected chi connectivity index (χ3v) is 3.29. The van der Waals surface area contributed by atoms with Crippen LogP contribution in [0.2, 0.25) is 0 Å². The first-order valence-corrected chi connectivity index (χ1v) is 7.13. The predicted octanol–water partition coefficient (Wildman–Crippen LogP) is 3.18. The molecule has 0 aliphatic heterocycles. The summed E-state index contributed by atoms with van der Waals surface area (Å²) >= 11 is 0. The predicted molar refractivity (Wildman–Crippen MR) is 89.4 cm³/mol. The standard InChI is InChI=1S/C19H20NO2/c1-20(18-10-4-3-5-11-18)15-17(12-13-19(21)22-2)14-16-8-6-7-9-16/h3-14H,15H2,1-2H3/b13-12+,17-14+. The quantitative estimate of drug-likeness (QED) is 0.458. The van der Waals surface area contributed by atoms with Gasteiger partial charge in [-0.1, -0.05) is 30.4 Å². The summed E-state index contributed by atoms with van der Waals surface area (Å²) in [4.78, 5) is 13.5. The second-order valence-corrected chi connectivity index (χ2v) is 4.99. The van der Waals surface area contributed by atoms with Gasteiger partial charge in [0.2, 0.25) is 0 Å². The molecule has 0 N–H and O–H groups in total. The number of benzene rings is 1. The number of hydrogen-bond donors (Lipinski definition) is 0. The van der Waals surface area contributed by atoms with E-state index in [1.807, 2.05) is 50.9 Å². The van der Waals surface area contributed by atoms with Crippen LogP contribution in [-0.2, 0) is 9.53 Å². The summed E-state index contributed by atoms with van der Waals surface area (Å²) < 4.78 is 4.66. The summed E-state index contributed by atoms with van der Waals surface area (Å²) in [6.45, 7) is 0.697. The van der Waals surface area contributed by atoms with Crippen LogP contribution in [0, 0.1) is 31.6 Å². The number of methoxy groups -OCH3 is 1. The lowest BCUT2D eigenvalue weighted by Crippen LogP contribution is -2.20. The molecule has 5 radical (unpaired) electrons. The van der Waals surface area contributed by atoms with Crippen LogP contribution in [0.4, 0.5) is 5.69 Å². The molecule has 1 aliphatic carbocycles. The Labute approximate surface area is 133 Å². The number of ether oxygens (including phenoxy) is 1. The van der Waals surface area contributed by atoms with Crippen LogP contribution in [-0.4, -0.2) is 26.7 Å². The first kappa shape index (κ1) is 16.3. The molecule has 2 rings (SSSR count). The summed E-state index contributed by atoms with van der Waals surface area (Å²) in [5.74, 6) is 0.766. The summed E-state index contributed by atoms with van der Waals surface area (Å²) in [6, 6.07) is 10.1. The van der Waals surface area contributed by atoms with Gasteiger partial charge in [-0.3, -0.25) is 0 Å². The summed E-state index contributed by atoms with van der Waals surface area (Å²) in [5.41, 5.74) is 2.16. The van der Waals surface area contributed by atoms with Crippen molar-refractivity contribution in [2.24, 2.45) is 0 Å². The Hall–Kier alpha value is -2.03. The molecule has 1 aliphatic rings. The molecule has 0 heterocycles. The SMILES string of the molecule is COC(=O)/C=C/C(=C\[C]1[CH][CH][CH][CH]1)CN(C)c1ccccc1. The zero-order valence-electron chi connectivity index (χ0n) is 12.9. The molecule has 0 unspecified atom stereocenters. The van der Waals surface area contributed by atoms with Gasteiger partial charge in [-0.05, 0) is 43.4 Å². The van der Waals surface area contributed by atoms with Gasteiger partial charge in [0, 0.05) is 31.3 Å². The highest BCUT2D eigenvalue weighted by molar-refractivity contribution is 5.82. The number of rotatable bonds is 6. The molecule has 0 amide bonds. The van der Waals surface area contributed by atoms with E-state index >= 15 is 0 Å². The maximum absolute atomic E-state index is 11.3. The monoisotopic (exact) mass is 294 g/mol. The average molecular weight is 294 g/mol. The van der Waals surface area contributed by atoms with Gasteiger partial charge < -0.3 is 9.64 Å². The van der Waals surface area contributed by atoms with Gasteiger partial charge in [0.1, 0.15) is 0 Å². The van der Waals surface area contributed by atoms with Crippen LogP contribution in [0.5, 0.6) is 0 Å². The Morgan fingerprint density at radius 2 is 1.82 bits per heavy atom.